The van der Waals surface area contributed by atoms with Gasteiger partial charge in [0.2, 0.25) is 5.91 Å². The molecule has 7 nitrogen and oxygen atoms in total. The zero-order valence-electron chi connectivity index (χ0n) is 17.3. The number of pyridine rings is 1. The normalized spacial score (nSPS) is 10.9. The zero-order chi connectivity index (χ0) is 21.6. The van der Waals surface area contributed by atoms with Gasteiger partial charge in [0.15, 0.2) is 11.0 Å². The van der Waals surface area contributed by atoms with Gasteiger partial charge >= 0.3 is 0 Å². The molecule has 0 atom stereocenters. The van der Waals surface area contributed by atoms with Gasteiger partial charge in [-0.05, 0) is 37.6 Å². The van der Waals surface area contributed by atoms with Gasteiger partial charge in [-0.15, -0.1) is 21.5 Å². The Morgan fingerprint density at radius 1 is 1.16 bits per heavy atom. The van der Waals surface area contributed by atoms with Gasteiger partial charge in [0.05, 0.1) is 16.5 Å². The van der Waals surface area contributed by atoms with Gasteiger partial charge in [-0.25, -0.2) is 4.98 Å². The van der Waals surface area contributed by atoms with E-state index in [0.29, 0.717) is 0 Å². The van der Waals surface area contributed by atoms with Crippen LogP contribution in [0.15, 0.2) is 59.3 Å². The lowest BCUT2D eigenvalue weighted by Crippen LogP contribution is -2.14. The number of aromatic nitrogens is 5. The topological polar surface area (TPSA) is 85.6 Å². The van der Waals surface area contributed by atoms with Crippen LogP contribution in [0.4, 0.5) is 5.69 Å². The molecule has 0 aliphatic rings. The van der Waals surface area contributed by atoms with Crippen LogP contribution in [0.1, 0.15) is 18.4 Å². The monoisotopic (exact) mass is 450 g/mol. The molecule has 3 aromatic heterocycles. The van der Waals surface area contributed by atoms with Crippen LogP contribution in [-0.2, 0) is 11.3 Å². The van der Waals surface area contributed by atoms with Gasteiger partial charge in [-0.1, -0.05) is 30.8 Å². The highest BCUT2D eigenvalue weighted by Gasteiger charge is 2.15. The van der Waals surface area contributed by atoms with Crippen molar-refractivity contribution < 1.29 is 4.79 Å². The van der Waals surface area contributed by atoms with Crippen LogP contribution in [0.3, 0.4) is 0 Å². The molecule has 0 radical (unpaired) electrons. The van der Waals surface area contributed by atoms with Crippen molar-refractivity contribution in [2.45, 2.75) is 32.0 Å². The molecule has 0 bridgehead atoms. The third-order valence-electron chi connectivity index (χ3n) is 4.50. The Kier molecular flexibility index (Phi) is 6.73. The van der Waals surface area contributed by atoms with E-state index < -0.39 is 0 Å². The Hall–Kier alpha value is -3.04. The van der Waals surface area contributed by atoms with Crippen molar-refractivity contribution in [2.24, 2.45) is 0 Å². The van der Waals surface area contributed by atoms with Crippen molar-refractivity contribution in [3.8, 4) is 22.6 Å². The smallest absolute Gasteiger partial charge is 0.234 e. The number of thioether (sulfide) groups is 1. The molecule has 1 N–H and O–H groups in total. The second-order valence-electron chi connectivity index (χ2n) is 6.86. The largest absolute Gasteiger partial charge is 0.325 e. The first-order valence-corrected chi connectivity index (χ1v) is 11.8. The number of amides is 1. The summed E-state index contributed by atoms with van der Waals surface area (Å²) in [6.45, 7) is 4.87. The van der Waals surface area contributed by atoms with Gasteiger partial charge in [-0.3, -0.25) is 9.78 Å². The Morgan fingerprint density at radius 2 is 2.00 bits per heavy atom. The molecule has 31 heavy (non-hydrogen) atoms. The summed E-state index contributed by atoms with van der Waals surface area (Å²) < 4.78 is 2.05. The molecule has 0 aliphatic heterocycles. The number of aryl methyl sites for hydroxylation is 1. The molecule has 3 heterocycles. The van der Waals surface area contributed by atoms with E-state index in [-0.39, 0.29) is 11.7 Å². The van der Waals surface area contributed by atoms with Gasteiger partial charge < -0.3 is 9.88 Å². The molecule has 158 valence electrons. The maximum absolute atomic E-state index is 12.6. The van der Waals surface area contributed by atoms with Crippen LogP contribution >= 0.6 is 23.1 Å². The van der Waals surface area contributed by atoms with Crippen molar-refractivity contribution in [1.82, 2.24) is 24.7 Å². The first kappa shape index (κ1) is 21.2. The quantitative estimate of drug-likeness (QED) is 0.384. The minimum Gasteiger partial charge on any atom is -0.325 e. The van der Waals surface area contributed by atoms with Crippen molar-refractivity contribution in [3.05, 3.63) is 59.2 Å². The lowest BCUT2D eigenvalue weighted by Gasteiger charge is -2.09. The van der Waals surface area contributed by atoms with E-state index in [2.05, 4.69) is 37.0 Å². The van der Waals surface area contributed by atoms with Crippen LogP contribution in [0, 0.1) is 6.92 Å². The minimum absolute atomic E-state index is 0.0897. The number of carbonyl (C=O) groups excluding carboxylic acids is 1. The SMILES string of the molecule is CCCn1c(SCC(=O)Nc2cccc(-c3csc(C)n3)c2)nnc1-c1ccncc1. The van der Waals surface area contributed by atoms with Crippen LogP contribution in [0.25, 0.3) is 22.6 Å². The number of rotatable bonds is 8. The minimum atomic E-state index is -0.0897. The molecular formula is C22H22N6OS2. The third kappa shape index (κ3) is 5.18. The predicted molar refractivity (Wildman–Crippen MR) is 125 cm³/mol. The van der Waals surface area contributed by atoms with E-state index in [9.17, 15) is 4.79 Å². The molecule has 1 amide bonds. The van der Waals surface area contributed by atoms with E-state index >= 15 is 0 Å². The van der Waals surface area contributed by atoms with E-state index in [1.165, 1.54) is 11.8 Å². The molecule has 4 aromatic rings. The Bertz CT molecular complexity index is 1170. The number of hydrogen-bond acceptors (Lipinski definition) is 7. The lowest BCUT2D eigenvalue weighted by atomic mass is 10.1. The summed E-state index contributed by atoms with van der Waals surface area (Å²) in [5, 5.41) is 15.4. The van der Waals surface area contributed by atoms with Crippen LogP contribution in [0.2, 0.25) is 0 Å². The fourth-order valence-corrected chi connectivity index (χ4v) is 4.50. The Labute approximate surface area is 189 Å². The summed E-state index contributed by atoms with van der Waals surface area (Å²) in [6, 6.07) is 11.6. The van der Waals surface area contributed by atoms with Gasteiger partial charge in [-0.2, -0.15) is 0 Å². The second-order valence-corrected chi connectivity index (χ2v) is 8.87. The number of benzene rings is 1. The Morgan fingerprint density at radius 3 is 2.74 bits per heavy atom. The zero-order valence-corrected chi connectivity index (χ0v) is 18.9. The maximum Gasteiger partial charge on any atom is 0.234 e. The van der Waals surface area contributed by atoms with Crippen LogP contribution in [0.5, 0.6) is 0 Å². The highest BCUT2D eigenvalue weighted by molar-refractivity contribution is 7.99. The number of hydrogen-bond donors (Lipinski definition) is 1. The average Bonchev–Trinajstić information content (AvgIpc) is 3.40. The summed E-state index contributed by atoms with van der Waals surface area (Å²) >= 11 is 2.99. The van der Waals surface area contributed by atoms with E-state index in [4.69, 9.17) is 0 Å². The van der Waals surface area contributed by atoms with E-state index in [1.807, 2.05) is 48.7 Å². The van der Waals surface area contributed by atoms with Crippen LogP contribution < -0.4 is 5.32 Å². The predicted octanol–water partition coefficient (Wildman–Crippen LogP) is 4.91. The summed E-state index contributed by atoms with van der Waals surface area (Å²) in [6.07, 6.45) is 4.42. The lowest BCUT2D eigenvalue weighted by molar-refractivity contribution is -0.113. The number of nitrogens with zero attached hydrogens (tertiary/aromatic N) is 5. The fraction of sp³-hybridized carbons (Fsp3) is 0.227. The summed E-state index contributed by atoms with van der Waals surface area (Å²) in [5.41, 5.74) is 3.62. The molecule has 0 spiro atoms. The second kappa shape index (κ2) is 9.84. The first-order valence-electron chi connectivity index (χ1n) is 9.93. The highest BCUT2D eigenvalue weighted by Crippen LogP contribution is 2.26. The number of thiazole rings is 1. The van der Waals surface area contributed by atoms with Gasteiger partial charge in [0, 0.05) is 41.1 Å². The average molecular weight is 451 g/mol. The molecule has 1 aromatic carbocycles. The highest BCUT2D eigenvalue weighted by atomic mass is 32.2. The molecule has 0 unspecified atom stereocenters. The third-order valence-corrected chi connectivity index (χ3v) is 6.24. The van der Waals surface area contributed by atoms with Gasteiger partial charge in [0.1, 0.15) is 0 Å². The fourth-order valence-electron chi connectivity index (χ4n) is 3.11. The van der Waals surface area contributed by atoms with Crippen molar-refractivity contribution >= 4 is 34.7 Å². The van der Waals surface area contributed by atoms with E-state index in [1.54, 1.807) is 23.7 Å². The number of nitrogens with one attached hydrogen (secondary N) is 1. The molecular weight excluding hydrogens is 428 g/mol. The standard InChI is InChI=1S/C22H22N6OS2/c1-3-11-28-21(16-7-9-23-10-8-16)26-27-22(28)31-14-20(29)25-18-6-4-5-17(12-18)19-13-30-15(2)24-19/h4-10,12-13H,3,11,14H2,1-2H3,(H,25,29). The van der Waals surface area contributed by atoms with Crippen molar-refractivity contribution in [2.75, 3.05) is 11.1 Å². The summed E-state index contributed by atoms with van der Waals surface area (Å²) in [4.78, 5) is 21.1. The number of anilines is 1. The molecule has 0 aliphatic carbocycles. The molecule has 0 saturated carbocycles. The van der Waals surface area contributed by atoms with E-state index in [0.717, 1.165) is 51.5 Å². The molecule has 4 rings (SSSR count). The summed E-state index contributed by atoms with van der Waals surface area (Å²) in [7, 11) is 0. The Balaban J connectivity index is 1.43. The number of carbonyl (C=O) groups is 1. The maximum atomic E-state index is 12.6. The summed E-state index contributed by atoms with van der Waals surface area (Å²) in [5.74, 6) is 0.949. The molecule has 0 saturated heterocycles. The molecule has 0 fully saturated rings. The molecule has 9 heteroatoms. The van der Waals surface area contributed by atoms with Gasteiger partial charge in [0.25, 0.3) is 0 Å². The van der Waals surface area contributed by atoms with Crippen LogP contribution in [-0.4, -0.2) is 36.4 Å². The first-order chi connectivity index (χ1) is 15.1. The van der Waals surface area contributed by atoms with Crippen molar-refractivity contribution in [3.63, 3.8) is 0 Å². The van der Waals surface area contributed by atoms with Crippen molar-refractivity contribution in [1.29, 1.82) is 0 Å².